The lowest BCUT2D eigenvalue weighted by Crippen LogP contribution is -2.10. The minimum atomic E-state index is 0.341. The van der Waals surface area contributed by atoms with Gasteiger partial charge in [0.2, 0.25) is 0 Å². The number of hydrogen-bond donors (Lipinski definition) is 1. The number of aromatic nitrogens is 2. The summed E-state index contributed by atoms with van der Waals surface area (Å²) in [6.07, 6.45) is 3.64. The topological polar surface area (TPSA) is 37.8 Å². The van der Waals surface area contributed by atoms with Gasteiger partial charge < -0.3 is 5.32 Å². The van der Waals surface area contributed by atoms with Crippen LogP contribution in [0.25, 0.3) is 10.6 Å². The Hall–Kier alpha value is -1.13. The maximum atomic E-state index is 5.92. The van der Waals surface area contributed by atoms with E-state index in [0.29, 0.717) is 11.2 Å². The average Bonchev–Trinajstić information content (AvgIpc) is 2.64. The van der Waals surface area contributed by atoms with Gasteiger partial charge >= 0.3 is 0 Å². The van der Waals surface area contributed by atoms with E-state index in [1.54, 1.807) is 17.5 Å². The summed E-state index contributed by atoms with van der Waals surface area (Å²) in [6, 6.07) is 2.18. The van der Waals surface area contributed by atoms with Gasteiger partial charge in [0.05, 0.1) is 5.56 Å². The van der Waals surface area contributed by atoms with Crippen LogP contribution in [0.15, 0.2) is 18.5 Å². The van der Waals surface area contributed by atoms with E-state index in [4.69, 9.17) is 11.6 Å². The second-order valence-corrected chi connectivity index (χ2v) is 5.75. The molecular weight excluding hydrogens is 254 g/mol. The third-order valence-electron chi connectivity index (χ3n) is 2.17. The first-order chi connectivity index (χ1) is 8.06. The lowest BCUT2D eigenvalue weighted by Gasteiger charge is -2.13. The summed E-state index contributed by atoms with van der Waals surface area (Å²) in [5, 5.41) is 4.82. The first kappa shape index (κ1) is 12.3. The van der Waals surface area contributed by atoms with E-state index >= 15 is 0 Å². The van der Waals surface area contributed by atoms with Crippen LogP contribution >= 0.6 is 22.9 Å². The Kier molecular flexibility index (Phi) is 3.64. The fourth-order valence-corrected chi connectivity index (χ4v) is 2.46. The van der Waals surface area contributed by atoms with E-state index in [9.17, 15) is 0 Å². The first-order valence-electron chi connectivity index (χ1n) is 5.41. The molecule has 1 N–H and O–H groups in total. The van der Waals surface area contributed by atoms with Crippen LogP contribution in [-0.2, 0) is 0 Å². The minimum Gasteiger partial charge on any atom is -0.382 e. The van der Waals surface area contributed by atoms with E-state index < -0.39 is 0 Å². The van der Waals surface area contributed by atoms with Crippen molar-refractivity contribution in [2.24, 2.45) is 0 Å². The predicted octanol–water partition coefficient (Wildman–Crippen LogP) is 3.99. The van der Waals surface area contributed by atoms with Crippen molar-refractivity contribution in [1.82, 2.24) is 9.97 Å². The molecule has 2 heterocycles. The maximum Gasteiger partial charge on any atom is 0.131 e. The molecule has 0 fully saturated rings. The molecule has 2 aromatic rings. The number of thiazole rings is 1. The Labute approximate surface area is 110 Å². The highest BCUT2D eigenvalue weighted by molar-refractivity contribution is 7.15. The molecule has 0 aliphatic rings. The Bertz CT molecular complexity index is 522. The Morgan fingerprint density at radius 1 is 1.29 bits per heavy atom. The number of anilines is 1. The van der Waals surface area contributed by atoms with Crippen molar-refractivity contribution < 1.29 is 0 Å². The normalized spacial score (nSPS) is 10.9. The van der Waals surface area contributed by atoms with Gasteiger partial charge in [-0.15, -0.1) is 11.3 Å². The zero-order chi connectivity index (χ0) is 12.4. The highest BCUT2D eigenvalue weighted by atomic mass is 35.5. The molecule has 0 amide bonds. The molecule has 5 heteroatoms. The number of aryl methyl sites for hydroxylation is 1. The van der Waals surface area contributed by atoms with Crippen LogP contribution in [0.2, 0.25) is 5.15 Å². The molecule has 17 heavy (non-hydrogen) atoms. The number of halogens is 1. The monoisotopic (exact) mass is 267 g/mol. The smallest absolute Gasteiger partial charge is 0.131 e. The summed E-state index contributed by atoms with van der Waals surface area (Å²) in [7, 11) is 0. The van der Waals surface area contributed by atoms with Gasteiger partial charge in [0.1, 0.15) is 10.2 Å². The quantitative estimate of drug-likeness (QED) is 0.855. The van der Waals surface area contributed by atoms with Crippen LogP contribution in [0.3, 0.4) is 0 Å². The molecule has 3 nitrogen and oxygen atoms in total. The van der Waals surface area contributed by atoms with Crippen LogP contribution in [0.5, 0.6) is 0 Å². The van der Waals surface area contributed by atoms with Crippen molar-refractivity contribution in [2.45, 2.75) is 26.8 Å². The zero-order valence-corrected chi connectivity index (χ0v) is 11.6. The average molecular weight is 268 g/mol. The molecule has 2 aromatic heterocycles. The zero-order valence-electron chi connectivity index (χ0n) is 9.99. The van der Waals surface area contributed by atoms with Crippen molar-refractivity contribution in [1.29, 1.82) is 0 Å². The van der Waals surface area contributed by atoms with Crippen LogP contribution in [0, 0.1) is 6.92 Å². The first-order valence-corrected chi connectivity index (χ1v) is 6.60. The molecule has 0 saturated carbocycles. The fourth-order valence-electron chi connectivity index (χ4n) is 1.51. The number of nitrogens with one attached hydrogen (secondary N) is 1. The molecule has 0 atom stereocenters. The van der Waals surface area contributed by atoms with E-state index in [2.05, 4.69) is 29.1 Å². The number of nitrogens with zero attached hydrogens (tertiary/aromatic N) is 2. The van der Waals surface area contributed by atoms with Crippen molar-refractivity contribution in [2.75, 3.05) is 5.32 Å². The molecule has 0 bridgehead atoms. The van der Waals surface area contributed by atoms with Crippen LogP contribution in [0.4, 0.5) is 5.69 Å². The van der Waals surface area contributed by atoms with Crippen molar-refractivity contribution >= 4 is 28.6 Å². The molecule has 0 radical (unpaired) electrons. The fraction of sp³-hybridized carbons (Fsp3) is 0.333. The van der Waals surface area contributed by atoms with E-state index in [0.717, 1.165) is 16.3 Å². The molecule has 0 saturated heterocycles. The Morgan fingerprint density at radius 3 is 2.65 bits per heavy atom. The van der Waals surface area contributed by atoms with E-state index in [1.165, 1.54) is 4.88 Å². The SMILES string of the molecule is Cc1cnc(-c2cnc(Cl)cc2NC(C)C)s1. The Morgan fingerprint density at radius 2 is 2.06 bits per heavy atom. The minimum absolute atomic E-state index is 0.341. The largest absolute Gasteiger partial charge is 0.382 e. The van der Waals surface area contributed by atoms with Gasteiger partial charge in [-0.25, -0.2) is 9.97 Å². The highest BCUT2D eigenvalue weighted by Gasteiger charge is 2.11. The molecule has 2 rings (SSSR count). The molecule has 0 spiro atoms. The summed E-state index contributed by atoms with van der Waals surface area (Å²) < 4.78 is 0. The number of pyridine rings is 1. The summed E-state index contributed by atoms with van der Waals surface area (Å²) in [5.41, 5.74) is 1.98. The highest BCUT2D eigenvalue weighted by Crippen LogP contribution is 2.32. The summed E-state index contributed by atoms with van der Waals surface area (Å²) in [4.78, 5) is 9.69. The van der Waals surface area contributed by atoms with Gasteiger partial charge in [0.25, 0.3) is 0 Å². The maximum absolute atomic E-state index is 5.92. The van der Waals surface area contributed by atoms with Crippen molar-refractivity contribution in [3.05, 3.63) is 28.5 Å². The van der Waals surface area contributed by atoms with Gasteiger partial charge in [-0.05, 0) is 26.8 Å². The predicted molar refractivity (Wildman–Crippen MR) is 73.9 cm³/mol. The van der Waals surface area contributed by atoms with Gasteiger partial charge in [0, 0.05) is 29.0 Å². The molecule has 0 unspecified atom stereocenters. The Balaban J connectivity index is 2.45. The van der Waals surface area contributed by atoms with Crippen LogP contribution in [-0.4, -0.2) is 16.0 Å². The van der Waals surface area contributed by atoms with Gasteiger partial charge in [0.15, 0.2) is 0 Å². The second kappa shape index (κ2) is 5.02. The molecule has 0 aliphatic carbocycles. The lowest BCUT2D eigenvalue weighted by atomic mass is 10.2. The van der Waals surface area contributed by atoms with Crippen LogP contribution < -0.4 is 5.32 Å². The van der Waals surface area contributed by atoms with Crippen molar-refractivity contribution in [3.63, 3.8) is 0 Å². The third-order valence-corrected chi connectivity index (χ3v) is 3.32. The second-order valence-electron chi connectivity index (χ2n) is 4.13. The van der Waals surface area contributed by atoms with E-state index in [-0.39, 0.29) is 0 Å². The molecule has 0 aromatic carbocycles. The molecule has 90 valence electrons. The van der Waals surface area contributed by atoms with Crippen molar-refractivity contribution in [3.8, 4) is 10.6 Å². The summed E-state index contributed by atoms with van der Waals surface area (Å²) in [5.74, 6) is 0. The van der Waals surface area contributed by atoms with E-state index in [1.807, 2.05) is 19.2 Å². The van der Waals surface area contributed by atoms with Gasteiger partial charge in [-0.1, -0.05) is 11.6 Å². The molecular formula is C12H14ClN3S. The standard InChI is InChI=1S/C12H14ClN3S/c1-7(2)16-10-4-11(13)14-6-9(10)12-15-5-8(3)17-12/h4-7H,1-3H3,(H,14,16). The number of hydrogen-bond acceptors (Lipinski definition) is 4. The summed E-state index contributed by atoms with van der Waals surface area (Å²) >= 11 is 7.58. The van der Waals surface area contributed by atoms with Crippen LogP contribution in [0.1, 0.15) is 18.7 Å². The summed E-state index contributed by atoms with van der Waals surface area (Å²) in [6.45, 7) is 6.22. The number of rotatable bonds is 3. The lowest BCUT2D eigenvalue weighted by molar-refractivity contribution is 0.899. The third kappa shape index (κ3) is 2.96. The van der Waals surface area contributed by atoms with Gasteiger partial charge in [-0.3, -0.25) is 0 Å². The van der Waals surface area contributed by atoms with Gasteiger partial charge in [-0.2, -0.15) is 0 Å². The molecule has 0 aliphatic heterocycles.